The first kappa shape index (κ1) is 16.3. The van der Waals surface area contributed by atoms with Crippen molar-refractivity contribution in [3.63, 3.8) is 0 Å². The summed E-state index contributed by atoms with van der Waals surface area (Å²) in [5, 5.41) is 2.85. The molecule has 1 aromatic rings. The maximum Gasteiger partial charge on any atom is 0.412 e. The molecule has 0 radical (unpaired) electrons. The third-order valence-electron chi connectivity index (χ3n) is 3.64. The van der Waals surface area contributed by atoms with Gasteiger partial charge in [-0.3, -0.25) is 4.79 Å². The fourth-order valence-electron chi connectivity index (χ4n) is 2.41. The number of amides is 2. The van der Waals surface area contributed by atoms with Gasteiger partial charge < -0.3 is 19.7 Å². The van der Waals surface area contributed by atoms with Crippen LogP contribution in [0.15, 0.2) is 30.3 Å². The minimum Gasteiger partial charge on any atom is -0.410 e. The quantitative estimate of drug-likeness (QED) is 0.901. The molecule has 0 unspecified atom stereocenters. The van der Waals surface area contributed by atoms with E-state index in [0.717, 1.165) is 12.8 Å². The highest BCUT2D eigenvalue weighted by molar-refractivity contribution is 5.76. The summed E-state index contributed by atoms with van der Waals surface area (Å²) in [4.78, 5) is 25.5. The predicted octanol–water partition coefficient (Wildman–Crippen LogP) is 1.80. The molecule has 0 spiro atoms. The van der Waals surface area contributed by atoms with Crippen molar-refractivity contribution in [3.05, 3.63) is 30.3 Å². The average Bonchev–Trinajstić information content (AvgIpc) is 2.54. The third kappa shape index (κ3) is 5.04. The summed E-state index contributed by atoms with van der Waals surface area (Å²) < 4.78 is 10.1. The van der Waals surface area contributed by atoms with Crippen LogP contribution in [0.25, 0.3) is 0 Å². The highest BCUT2D eigenvalue weighted by Crippen LogP contribution is 2.13. The number of hydrogen-bond donors (Lipinski definition) is 1. The van der Waals surface area contributed by atoms with Gasteiger partial charge in [-0.1, -0.05) is 18.2 Å². The summed E-state index contributed by atoms with van der Waals surface area (Å²) in [6.45, 7) is 1.75. The van der Waals surface area contributed by atoms with E-state index in [1.165, 1.54) is 0 Å². The molecule has 1 aliphatic heterocycles. The van der Waals surface area contributed by atoms with E-state index in [0.29, 0.717) is 31.9 Å². The Kier molecular flexibility index (Phi) is 6.21. The van der Waals surface area contributed by atoms with Gasteiger partial charge in [-0.2, -0.15) is 0 Å². The van der Waals surface area contributed by atoms with Crippen LogP contribution in [0.1, 0.15) is 19.3 Å². The lowest BCUT2D eigenvalue weighted by atomic mass is 10.1. The zero-order valence-electron chi connectivity index (χ0n) is 12.8. The molecule has 0 atom stereocenters. The number of nitrogens with zero attached hydrogens (tertiary/aromatic N) is 1. The van der Waals surface area contributed by atoms with Crippen molar-refractivity contribution in [1.29, 1.82) is 0 Å². The van der Waals surface area contributed by atoms with E-state index in [1.54, 1.807) is 19.2 Å². The highest BCUT2D eigenvalue weighted by atomic mass is 16.6. The molecule has 2 amide bonds. The summed E-state index contributed by atoms with van der Waals surface area (Å²) in [7, 11) is 1.59. The molecule has 6 nitrogen and oxygen atoms in total. The third-order valence-corrected chi connectivity index (χ3v) is 3.64. The Hall–Kier alpha value is -2.08. The van der Waals surface area contributed by atoms with Gasteiger partial charge in [0, 0.05) is 26.2 Å². The van der Waals surface area contributed by atoms with Crippen molar-refractivity contribution in [2.24, 2.45) is 0 Å². The van der Waals surface area contributed by atoms with Gasteiger partial charge in [-0.25, -0.2) is 4.79 Å². The molecule has 0 aliphatic carbocycles. The fraction of sp³-hybridized carbons (Fsp3) is 0.500. The molecule has 6 heteroatoms. The molecule has 1 fully saturated rings. The monoisotopic (exact) mass is 306 g/mol. The molecule has 1 heterocycles. The second-order valence-electron chi connectivity index (χ2n) is 5.24. The lowest BCUT2D eigenvalue weighted by Gasteiger charge is -2.32. The normalized spacial score (nSPS) is 15.4. The number of likely N-dealkylation sites (tertiary alicyclic amines) is 1. The molecule has 1 saturated heterocycles. The minimum absolute atomic E-state index is 0.0442. The van der Waals surface area contributed by atoms with Crippen LogP contribution in [-0.4, -0.2) is 49.7 Å². The number of rotatable bonds is 5. The van der Waals surface area contributed by atoms with Crippen LogP contribution in [0.2, 0.25) is 0 Å². The van der Waals surface area contributed by atoms with Crippen LogP contribution < -0.4 is 10.1 Å². The van der Waals surface area contributed by atoms with Gasteiger partial charge in [0.2, 0.25) is 5.91 Å². The first-order valence-corrected chi connectivity index (χ1v) is 7.49. The number of benzene rings is 1. The van der Waals surface area contributed by atoms with E-state index < -0.39 is 6.09 Å². The standard InChI is InChI=1S/C16H22N2O4/c1-21-12-9-15(19)18-10-7-13(8-11-18)17-16(20)22-14-5-3-2-4-6-14/h2-6,13H,7-12H2,1H3,(H,17,20). The molecule has 1 N–H and O–H groups in total. The molecule has 0 aromatic heterocycles. The summed E-state index contributed by atoms with van der Waals surface area (Å²) in [5.41, 5.74) is 0. The van der Waals surface area contributed by atoms with E-state index in [1.807, 2.05) is 23.1 Å². The van der Waals surface area contributed by atoms with E-state index in [-0.39, 0.29) is 11.9 Å². The molecule has 22 heavy (non-hydrogen) atoms. The van der Waals surface area contributed by atoms with Gasteiger partial charge in [0.1, 0.15) is 5.75 Å². The lowest BCUT2D eigenvalue weighted by molar-refractivity contribution is -0.133. The van der Waals surface area contributed by atoms with Gasteiger partial charge in [0.15, 0.2) is 0 Å². The van der Waals surface area contributed by atoms with Crippen LogP contribution >= 0.6 is 0 Å². The summed E-state index contributed by atoms with van der Waals surface area (Å²) in [6, 6.07) is 9.00. The van der Waals surface area contributed by atoms with E-state index in [2.05, 4.69) is 5.32 Å². The smallest absolute Gasteiger partial charge is 0.410 e. The van der Waals surface area contributed by atoms with E-state index >= 15 is 0 Å². The summed E-state index contributed by atoms with van der Waals surface area (Å²) in [6.07, 6.45) is 1.44. The molecular formula is C16H22N2O4. The molecule has 1 aromatic carbocycles. The predicted molar refractivity (Wildman–Crippen MR) is 81.7 cm³/mol. The fourth-order valence-corrected chi connectivity index (χ4v) is 2.41. The van der Waals surface area contributed by atoms with Crippen molar-refractivity contribution in [2.75, 3.05) is 26.8 Å². The van der Waals surface area contributed by atoms with Crippen LogP contribution in [0.4, 0.5) is 4.79 Å². The number of methoxy groups -OCH3 is 1. The van der Waals surface area contributed by atoms with Crippen LogP contribution in [0, 0.1) is 0 Å². The lowest BCUT2D eigenvalue weighted by Crippen LogP contribution is -2.47. The molecular weight excluding hydrogens is 284 g/mol. The van der Waals surface area contributed by atoms with Gasteiger partial charge >= 0.3 is 6.09 Å². The molecule has 0 saturated carbocycles. The molecule has 2 rings (SSSR count). The van der Waals surface area contributed by atoms with Gasteiger partial charge in [-0.15, -0.1) is 0 Å². The maximum atomic E-state index is 11.9. The largest absolute Gasteiger partial charge is 0.412 e. The molecule has 120 valence electrons. The number of carbonyl (C=O) groups excluding carboxylic acids is 2. The summed E-state index contributed by atoms with van der Waals surface area (Å²) >= 11 is 0. The van der Waals surface area contributed by atoms with Gasteiger partial charge in [0.05, 0.1) is 13.0 Å². The minimum atomic E-state index is -0.449. The number of para-hydroxylation sites is 1. The number of hydrogen-bond acceptors (Lipinski definition) is 4. The average molecular weight is 306 g/mol. The zero-order valence-corrected chi connectivity index (χ0v) is 12.8. The maximum absolute atomic E-state index is 11.9. The number of ether oxygens (including phenoxy) is 2. The van der Waals surface area contributed by atoms with E-state index in [9.17, 15) is 9.59 Å². The van der Waals surface area contributed by atoms with Crippen LogP contribution in [-0.2, 0) is 9.53 Å². The van der Waals surface area contributed by atoms with E-state index in [4.69, 9.17) is 9.47 Å². The van der Waals surface area contributed by atoms with Crippen molar-refractivity contribution >= 4 is 12.0 Å². The second kappa shape index (κ2) is 8.38. The number of nitrogens with one attached hydrogen (secondary N) is 1. The van der Waals surface area contributed by atoms with Crippen molar-refractivity contribution in [2.45, 2.75) is 25.3 Å². The SMILES string of the molecule is COCCC(=O)N1CCC(NC(=O)Oc2ccccc2)CC1. The topological polar surface area (TPSA) is 67.9 Å². The zero-order chi connectivity index (χ0) is 15.8. The van der Waals surface area contributed by atoms with Crippen molar-refractivity contribution in [3.8, 4) is 5.75 Å². The van der Waals surface area contributed by atoms with Crippen molar-refractivity contribution < 1.29 is 19.1 Å². The first-order chi connectivity index (χ1) is 10.7. The van der Waals surface area contributed by atoms with Gasteiger partial charge in [-0.05, 0) is 25.0 Å². The Bertz CT molecular complexity index is 484. The highest BCUT2D eigenvalue weighted by Gasteiger charge is 2.24. The van der Waals surface area contributed by atoms with Crippen LogP contribution in [0.3, 0.4) is 0 Å². The Balaban J connectivity index is 1.71. The molecule has 0 bridgehead atoms. The Morgan fingerprint density at radius 2 is 1.91 bits per heavy atom. The summed E-state index contributed by atoms with van der Waals surface area (Å²) in [5.74, 6) is 0.624. The number of piperidine rings is 1. The first-order valence-electron chi connectivity index (χ1n) is 7.49. The number of carbonyl (C=O) groups is 2. The Morgan fingerprint density at radius 3 is 2.55 bits per heavy atom. The van der Waals surface area contributed by atoms with Crippen molar-refractivity contribution in [1.82, 2.24) is 10.2 Å². The second-order valence-corrected chi connectivity index (χ2v) is 5.24. The van der Waals surface area contributed by atoms with Gasteiger partial charge in [0.25, 0.3) is 0 Å². The molecule has 1 aliphatic rings. The van der Waals surface area contributed by atoms with Crippen LogP contribution in [0.5, 0.6) is 5.75 Å². The Morgan fingerprint density at radius 1 is 1.23 bits per heavy atom. The Labute approximate surface area is 130 Å².